The number of carboxylic acid groups (broad SMARTS) is 1. The molecule has 0 spiro atoms. The number of amides is 1. The number of hydrogen-bond donors (Lipinski definition) is 1. The van der Waals surface area contributed by atoms with Crippen LogP contribution in [0.2, 0.25) is 0 Å². The van der Waals surface area contributed by atoms with E-state index < -0.39 is 5.97 Å². The molecule has 7 heteroatoms. The fourth-order valence-electron chi connectivity index (χ4n) is 3.39. The highest BCUT2D eigenvalue weighted by atomic mass is 16.4. The number of carbonyl (C=O) groups excluding carboxylic acids is 1. The zero-order valence-electron chi connectivity index (χ0n) is 15.5. The molecule has 1 aromatic heterocycles. The highest BCUT2D eigenvalue weighted by Gasteiger charge is 2.25. The molecule has 0 saturated carbocycles. The highest BCUT2D eigenvalue weighted by molar-refractivity contribution is 5.87. The molecule has 7 nitrogen and oxygen atoms in total. The maximum absolute atomic E-state index is 12.7. The van der Waals surface area contributed by atoms with E-state index in [9.17, 15) is 14.4 Å². The second-order valence-electron chi connectivity index (χ2n) is 7.01. The molecule has 1 saturated heterocycles. The van der Waals surface area contributed by atoms with E-state index in [1.165, 1.54) is 10.7 Å². The summed E-state index contributed by atoms with van der Waals surface area (Å²) in [5.41, 5.74) is 2.55. The monoisotopic (exact) mass is 369 g/mol. The van der Waals surface area contributed by atoms with Crippen LogP contribution in [0.25, 0.3) is 0 Å². The Morgan fingerprint density at radius 1 is 1.22 bits per heavy atom. The Balaban J connectivity index is 1.70. The van der Waals surface area contributed by atoms with Gasteiger partial charge in [-0.15, -0.1) is 0 Å². The minimum absolute atomic E-state index is 0.0649. The predicted molar refractivity (Wildman–Crippen MR) is 99.9 cm³/mol. The van der Waals surface area contributed by atoms with Gasteiger partial charge in [0.15, 0.2) is 0 Å². The number of aryl methyl sites for hydroxylation is 2. The van der Waals surface area contributed by atoms with E-state index in [-0.39, 0.29) is 29.5 Å². The smallest absolute Gasteiger partial charge is 0.335 e. The summed E-state index contributed by atoms with van der Waals surface area (Å²) < 4.78 is 1.22. The second kappa shape index (κ2) is 7.73. The normalized spacial score (nSPS) is 17.0. The molecular formula is C20H23N3O4. The van der Waals surface area contributed by atoms with Gasteiger partial charge in [-0.25, -0.2) is 9.48 Å². The average Bonchev–Trinajstić information content (AvgIpc) is 2.66. The quantitative estimate of drug-likeness (QED) is 0.889. The minimum Gasteiger partial charge on any atom is -0.478 e. The number of carboxylic acids is 1. The van der Waals surface area contributed by atoms with Crippen LogP contribution in [0.3, 0.4) is 0 Å². The van der Waals surface area contributed by atoms with Gasteiger partial charge in [0.2, 0.25) is 5.91 Å². The van der Waals surface area contributed by atoms with Crippen molar-refractivity contribution in [2.45, 2.75) is 39.2 Å². The third-order valence-corrected chi connectivity index (χ3v) is 5.12. The van der Waals surface area contributed by atoms with Crippen molar-refractivity contribution in [2.75, 3.05) is 13.1 Å². The molecule has 0 aliphatic carbocycles. The van der Waals surface area contributed by atoms with Crippen molar-refractivity contribution in [3.8, 4) is 0 Å². The lowest BCUT2D eigenvalue weighted by Gasteiger charge is -2.33. The zero-order chi connectivity index (χ0) is 19.6. The molecule has 1 aliphatic rings. The van der Waals surface area contributed by atoms with Gasteiger partial charge in [0, 0.05) is 25.1 Å². The number of likely N-dealkylation sites (tertiary alicyclic amines) is 1. The average molecular weight is 369 g/mol. The van der Waals surface area contributed by atoms with Crippen molar-refractivity contribution >= 4 is 11.9 Å². The number of rotatable bonds is 4. The number of nitrogens with zero attached hydrogens (tertiary/aromatic N) is 3. The number of aromatic nitrogens is 2. The van der Waals surface area contributed by atoms with Gasteiger partial charge in [0.1, 0.15) is 6.54 Å². The lowest BCUT2D eigenvalue weighted by Crippen LogP contribution is -2.42. The third-order valence-electron chi connectivity index (χ3n) is 5.12. The van der Waals surface area contributed by atoms with Crippen LogP contribution in [0.4, 0.5) is 0 Å². The molecule has 1 aliphatic heterocycles. The Labute approximate surface area is 157 Å². The van der Waals surface area contributed by atoms with Crippen molar-refractivity contribution in [2.24, 2.45) is 0 Å². The first-order chi connectivity index (χ1) is 12.8. The van der Waals surface area contributed by atoms with Crippen LogP contribution in [-0.4, -0.2) is 44.8 Å². The van der Waals surface area contributed by atoms with Gasteiger partial charge in [-0.2, -0.15) is 5.10 Å². The SMILES string of the molecule is Cc1cc(=O)n(CC(=O)N2CCCC(c3ccc(C(=O)O)cc3)C2)nc1C. The van der Waals surface area contributed by atoms with E-state index in [1.807, 2.05) is 26.0 Å². The van der Waals surface area contributed by atoms with Gasteiger partial charge < -0.3 is 10.0 Å². The molecule has 0 radical (unpaired) electrons. The van der Waals surface area contributed by atoms with Gasteiger partial charge in [0.05, 0.1) is 11.3 Å². The standard InChI is InChI=1S/C20H23N3O4/c1-13-10-18(24)23(21-14(13)2)12-19(25)22-9-3-4-17(11-22)15-5-7-16(8-6-15)20(26)27/h5-8,10,17H,3-4,9,11-12H2,1-2H3,(H,26,27). The summed E-state index contributed by atoms with van der Waals surface area (Å²) in [6.07, 6.45) is 1.81. The van der Waals surface area contributed by atoms with Crippen molar-refractivity contribution in [3.63, 3.8) is 0 Å². The Morgan fingerprint density at radius 3 is 2.59 bits per heavy atom. The summed E-state index contributed by atoms with van der Waals surface area (Å²) in [5.74, 6) is -0.914. The van der Waals surface area contributed by atoms with Crippen LogP contribution in [0, 0.1) is 13.8 Å². The van der Waals surface area contributed by atoms with Gasteiger partial charge in [0.25, 0.3) is 5.56 Å². The molecule has 1 aromatic carbocycles. The minimum atomic E-state index is -0.951. The van der Waals surface area contributed by atoms with Crippen LogP contribution in [0.5, 0.6) is 0 Å². The van der Waals surface area contributed by atoms with Gasteiger partial charge in [-0.1, -0.05) is 12.1 Å². The molecule has 1 amide bonds. The van der Waals surface area contributed by atoms with E-state index in [1.54, 1.807) is 17.0 Å². The largest absolute Gasteiger partial charge is 0.478 e. The fourth-order valence-corrected chi connectivity index (χ4v) is 3.39. The number of hydrogen-bond acceptors (Lipinski definition) is 4. The third kappa shape index (κ3) is 4.24. The zero-order valence-corrected chi connectivity index (χ0v) is 15.5. The molecule has 2 aromatic rings. The first-order valence-electron chi connectivity index (χ1n) is 9.01. The summed E-state index contributed by atoms with van der Waals surface area (Å²) in [5, 5.41) is 13.2. The maximum Gasteiger partial charge on any atom is 0.335 e. The molecule has 3 rings (SSSR count). The predicted octanol–water partition coefficient (Wildman–Crippen LogP) is 1.96. The Kier molecular flexibility index (Phi) is 5.39. The van der Waals surface area contributed by atoms with Gasteiger partial charge >= 0.3 is 5.97 Å². The maximum atomic E-state index is 12.7. The van der Waals surface area contributed by atoms with E-state index in [0.29, 0.717) is 13.1 Å². The van der Waals surface area contributed by atoms with Crippen LogP contribution in [-0.2, 0) is 11.3 Å². The van der Waals surface area contributed by atoms with Gasteiger partial charge in [-0.05, 0) is 49.9 Å². The summed E-state index contributed by atoms with van der Waals surface area (Å²) >= 11 is 0. The second-order valence-corrected chi connectivity index (χ2v) is 7.01. The summed E-state index contributed by atoms with van der Waals surface area (Å²) in [6, 6.07) is 8.32. The van der Waals surface area contributed by atoms with E-state index in [4.69, 9.17) is 5.11 Å². The lowest BCUT2D eigenvalue weighted by molar-refractivity contribution is -0.133. The van der Waals surface area contributed by atoms with Crippen LogP contribution < -0.4 is 5.56 Å². The molecular weight excluding hydrogens is 346 g/mol. The Bertz CT molecular complexity index is 918. The fraction of sp³-hybridized carbons (Fsp3) is 0.400. The van der Waals surface area contributed by atoms with Crippen molar-refractivity contribution in [1.29, 1.82) is 0 Å². The molecule has 142 valence electrons. The van der Waals surface area contributed by atoms with E-state index >= 15 is 0 Å². The molecule has 1 atom stereocenters. The van der Waals surface area contributed by atoms with E-state index in [2.05, 4.69) is 5.10 Å². The van der Waals surface area contributed by atoms with E-state index in [0.717, 1.165) is 29.7 Å². The number of carbonyl (C=O) groups is 2. The molecule has 0 bridgehead atoms. The Hall–Kier alpha value is -2.96. The van der Waals surface area contributed by atoms with Gasteiger partial charge in [-0.3, -0.25) is 9.59 Å². The summed E-state index contributed by atoms with van der Waals surface area (Å²) in [4.78, 5) is 37.5. The molecule has 1 N–H and O–H groups in total. The van der Waals surface area contributed by atoms with Crippen molar-refractivity contribution in [1.82, 2.24) is 14.7 Å². The number of benzene rings is 1. The van der Waals surface area contributed by atoms with Crippen molar-refractivity contribution in [3.05, 3.63) is 63.1 Å². The molecule has 27 heavy (non-hydrogen) atoms. The summed E-state index contributed by atoms with van der Waals surface area (Å²) in [7, 11) is 0. The first-order valence-corrected chi connectivity index (χ1v) is 9.01. The van der Waals surface area contributed by atoms with Crippen molar-refractivity contribution < 1.29 is 14.7 Å². The summed E-state index contributed by atoms with van der Waals surface area (Å²) in [6.45, 7) is 4.78. The number of piperidine rings is 1. The number of aromatic carboxylic acids is 1. The highest BCUT2D eigenvalue weighted by Crippen LogP contribution is 2.27. The molecule has 1 fully saturated rings. The Morgan fingerprint density at radius 2 is 1.93 bits per heavy atom. The molecule has 1 unspecified atom stereocenters. The lowest BCUT2D eigenvalue weighted by atomic mass is 9.90. The van der Waals surface area contributed by atoms with Crippen LogP contribution in [0.15, 0.2) is 35.1 Å². The van der Waals surface area contributed by atoms with Crippen LogP contribution in [0.1, 0.15) is 45.9 Å². The topological polar surface area (TPSA) is 92.5 Å². The first kappa shape index (κ1) is 18.8. The van der Waals surface area contributed by atoms with Crippen LogP contribution >= 0.6 is 0 Å². The molecule has 2 heterocycles.